The molecule has 0 aliphatic rings. The SMILES string of the molecule is CCN(CC)c1ccc(CC(Br)C(C)=O)cc1. The fraction of sp³-hybridized carbons (Fsp3) is 0.500. The second-order valence-electron chi connectivity index (χ2n) is 4.12. The normalized spacial score (nSPS) is 12.2. The molecule has 0 aliphatic heterocycles. The van der Waals surface area contributed by atoms with Gasteiger partial charge in [0.15, 0.2) is 0 Å². The topological polar surface area (TPSA) is 20.3 Å². The predicted octanol–water partition coefficient (Wildman–Crippen LogP) is 3.43. The minimum Gasteiger partial charge on any atom is -0.372 e. The Balaban J connectivity index is 2.71. The van der Waals surface area contributed by atoms with Crippen molar-refractivity contribution in [3.05, 3.63) is 29.8 Å². The van der Waals surface area contributed by atoms with E-state index >= 15 is 0 Å². The Kier molecular flexibility index (Phi) is 5.69. The van der Waals surface area contributed by atoms with Crippen LogP contribution in [-0.4, -0.2) is 23.7 Å². The lowest BCUT2D eigenvalue weighted by molar-refractivity contribution is -0.116. The molecule has 0 saturated carbocycles. The molecule has 0 radical (unpaired) electrons. The van der Waals surface area contributed by atoms with Gasteiger partial charge in [-0.05, 0) is 44.9 Å². The first-order valence-corrected chi connectivity index (χ1v) is 6.98. The van der Waals surface area contributed by atoms with E-state index in [1.54, 1.807) is 6.92 Å². The maximum Gasteiger partial charge on any atom is 0.143 e. The van der Waals surface area contributed by atoms with E-state index in [9.17, 15) is 4.79 Å². The van der Waals surface area contributed by atoms with Crippen molar-refractivity contribution in [1.82, 2.24) is 0 Å². The molecule has 0 fully saturated rings. The summed E-state index contributed by atoms with van der Waals surface area (Å²) in [6.45, 7) is 7.96. The van der Waals surface area contributed by atoms with Crippen LogP contribution in [0.5, 0.6) is 0 Å². The Morgan fingerprint density at radius 3 is 2.18 bits per heavy atom. The number of nitrogens with zero attached hydrogens (tertiary/aromatic N) is 1. The van der Waals surface area contributed by atoms with Gasteiger partial charge in [-0.15, -0.1) is 0 Å². The zero-order valence-corrected chi connectivity index (χ0v) is 12.3. The molecule has 0 heterocycles. The molecular formula is C14H20BrNO. The Bertz CT molecular complexity index is 357. The number of hydrogen-bond donors (Lipinski definition) is 0. The monoisotopic (exact) mass is 297 g/mol. The molecule has 0 bridgehead atoms. The number of ketones is 1. The van der Waals surface area contributed by atoms with Crippen molar-refractivity contribution in [1.29, 1.82) is 0 Å². The first-order valence-electron chi connectivity index (χ1n) is 6.06. The van der Waals surface area contributed by atoms with Gasteiger partial charge in [0, 0.05) is 18.8 Å². The Morgan fingerprint density at radius 2 is 1.76 bits per heavy atom. The number of hydrogen-bond acceptors (Lipinski definition) is 2. The standard InChI is InChI=1S/C14H20BrNO/c1-4-16(5-2)13-8-6-12(7-9-13)10-14(15)11(3)17/h6-9,14H,4-5,10H2,1-3H3. The second kappa shape index (κ2) is 6.80. The number of Topliss-reactive ketones (excluding diaryl/α,β-unsaturated/α-hetero) is 1. The van der Waals surface area contributed by atoms with Gasteiger partial charge in [0.05, 0.1) is 4.83 Å². The molecule has 3 heteroatoms. The summed E-state index contributed by atoms with van der Waals surface area (Å²) in [7, 11) is 0. The summed E-state index contributed by atoms with van der Waals surface area (Å²) >= 11 is 3.39. The van der Waals surface area contributed by atoms with Crippen molar-refractivity contribution < 1.29 is 4.79 Å². The van der Waals surface area contributed by atoms with Crippen LogP contribution in [0.25, 0.3) is 0 Å². The van der Waals surface area contributed by atoms with Crippen LogP contribution < -0.4 is 4.90 Å². The van der Waals surface area contributed by atoms with E-state index in [1.165, 1.54) is 11.3 Å². The van der Waals surface area contributed by atoms with Gasteiger partial charge in [0.25, 0.3) is 0 Å². The van der Waals surface area contributed by atoms with Crippen molar-refractivity contribution in [3.8, 4) is 0 Å². The summed E-state index contributed by atoms with van der Waals surface area (Å²) in [6.07, 6.45) is 0.758. The summed E-state index contributed by atoms with van der Waals surface area (Å²) in [4.78, 5) is 13.4. The van der Waals surface area contributed by atoms with Crippen LogP contribution in [0.1, 0.15) is 26.3 Å². The number of halogens is 1. The van der Waals surface area contributed by atoms with Crippen molar-refractivity contribution in [2.24, 2.45) is 0 Å². The maximum absolute atomic E-state index is 11.2. The van der Waals surface area contributed by atoms with E-state index in [0.717, 1.165) is 19.5 Å². The highest BCUT2D eigenvalue weighted by Crippen LogP contribution is 2.17. The molecule has 17 heavy (non-hydrogen) atoms. The van der Waals surface area contributed by atoms with Crippen LogP contribution in [-0.2, 0) is 11.2 Å². The van der Waals surface area contributed by atoms with Gasteiger partial charge in [-0.1, -0.05) is 28.1 Å². The fourth-order valence-corrected chi connectivity index (χ4v) is 2.16. The summed E-state index contributed by atoms with van der Waals surface area (Å²) in [6, 6.07) is 8.46. The van der Waals surface area contributed by atoms with E-state index in [2.05, 4.69) is 58.9 Å². The highest BCUT2D eigenvalue weighted by Gasteiger charge is 2.10. The van der Waals surface area contributed by atoms with Gasteiger partial charge in [-0.2, -0.15) is 0 Å². The predicted molar refractivity (Wildman–Crippen MR) is 77.1 cm³/mol. The van der Waals surface area contributed by atoms with Gasteiger partial charge in [0.1, 0.15) is 5.78 Å². The van der Waals surface area contributed by atoms with Crippen LogP contribution in [0.4, 0.5) is 5.69 Å². The van der Waals surface area contributed by atoms with Crippen molar-refractivity contribution in [3.63, 3.8) is 0 Å². The Hall–Kier alpha value is -0.830. The van der Waals surface area contributed by atoms with Crippen LogP contribution >= 0.6 is 15.9 Å². The molecule has 0 saturated heterocycles. The van der Waals surface area contributed by atoms with E-state index in [0.29, 0.717) is 0 Å². The molecule has 0 spiro atoms. The lowest BCUT2D eigenvalue weighted by Crippen LogP contribution is -2.21. The molecule has 0 N–H and O–H groups in total. The molecule has 2 nitrogen and oxygen atoms in total. The number of carbonyl (C=O) groups excluding carboxylic acids is 1. The molecule has 1 rings (SSSR count). The highest BCUT2D eigenvalue weighted by molar-refractivity contribution is 9.10. The third-order valence-corrected chi connectivity index (χ3v) is 3.89. The maximum atomic E-state index is 11.2. The van der Waals surface area contributed by atoms with Crippen LogP contribution in [0.3, 0.4) is 0 Å². The Morgan fingerprint density at radius 1 is 1.24 bits per heavy atom. The minimum absolute atomic E-state index is 0.0678. The number of alkyl halides is 1. The van der Waals surface area contributed by atoms with Gasteiger partial charge in [-0.25, -0.2) is 0 Å². The summed E-state index contributed by atoms with van der Waals surface area (Å²) in [5, 5.41) is 0. The van der Waals surface area contributed by atoms with Crippen LogP contribution in [0, 0.1) is 0 Å². The average molecular weight is 298 g/mol. The van der Waals surface area contributed by atoms with Crippen molar-refractivity contribution in [2.45, 2.75) is 32.0 Å². The smallest absolute Gasteiger partial charge is 0.143 e. The van der Waals surface area contributed by atoms with Crippen molar-refractivity contribution in [2.75, 3.05) is 18.0 Å². The zero-order valence-electron chi connectivity index (χ0n) is 10.7. The molecule has 1 aromatic rings. The fourth-order valence-electron chi connectivity index (χ4n) is 1.78. The number of carbonyl (C=O) groups is 1. The average Bonchev–Trinajstić information content (AvgIpc) is 2.32. The lowest BCUT2D eigenvalue weighted by atomic mass is 10.1. The van der Waals surface area contributed by atoms with E-state index in [-0.39, 0.29) is 10.6 Å². The third-order valence-electron chi connectivity index (χ3n) is 2.92. The van der Waals surface area contributed by atoms with Crippen molar-refractivity contribution >= 4 is 27.4 Å². The highest BCUT2D eigenvalue weighted by atomic mass is 79.9. The largest absolute Gasteiger partial charge is 0.372 e. The van der Waals surface area contributed by atoms with E-state index in [4.69, 9.17) is 0 Å². The van der Waals surface area contributed by atoms with Crippen LogP contribution in [0.15, 0.2) is 24.3 Å². The van der Waals surface area contributed by atoms with Gasteiger partial charge in [-0.3, -0.25) is 4.79 Å². The van der Waals surface area contributed by atoms with E-state index < -0.39 is 0 Å². The van der Waals surface area contributed by atoms with Crippen LogP contribution in [0.2, 0.25) is 0 Å². The van der Waals surface area contributed by atoms with Gasteiger partial charge in [0.2, 0.25) is 0 Å². The lowest BCUT2D eigenvalue weighted by Gasteiger charge is -2.21. The quantitative estimate of drug-likeness (QED) is 0.750. The molecular weight excluding hydrogens is 278 g/mol. The first kappa shape index (κ1) is 14.2. The summed E-state index contributed by atoms with van der Waals surface area (Å²) in [5.74, 6) is 0.179. The number of benzene rings is 1. The zero-order chi connectivity index (χ0) is 12.8. The first-order chi connectivity index (χ1) is 8.08. The molecule has 1 aromatic carbocycles. The molecule has 1 atom stereocenters. The second-order valence-corrected chi connectivity index (χ2v) is 5.23. The minimum atomic E-state index is -0.0678. The summed E-state index contributed by atoms with van der Waals surface area (Å²) < 4.78 is 0. The molecule has 0 aromatic heterocycles. The Labute approximate surface area is 112 Å². The summed E-state index contributed by atoms with van der Waals surface area (Å²) in [5.41, 5.74) is 2.44. The number of rotatable bonds is 6. The molecule has 0 amide bonds. The van der Waals surface area contributed by atoms with Gasteiger partial charge >= 0.3 is 0 Å². The number of anilines is 1. The molecule has 0 aliphatic carbocycles. The van der Waals surface area contributed by atoms with Gasteiger partial charge < -0.3 is 4.90 Å². The molecule has 94 valence electrons. The third kappa shape index (κ3) is 4.15. The van der Waals surface area contributed by atoms with E-state index in [1.807, 2.05) is 0 Å². The molecule has 1 unspecified atom stereocenters.